The van der Waals surface area contributed by atoms with Crippen LogP contribution in [0.4, 0.5) is 5.82 Å². The van der Waals surface area contributed by atoms with Gasteiger partial charge in [-0.05, 0) is 40.3 Å². The Bertz CT molecular complexity index is 894. The number of primary amides is 1. The molecule has 2 N–H and O–H groups in total. The molecule has 1 aliphatic rings. The summed E-state index contributed by atoms with van der Waals surface area (Å²) in [6, 6.07) is 10.9. The number of benzene rings is 1. The van der Waals surface area contributed by atoms with E-state index in [4.69, 9.17) is 10.5 Å². The van der Waals surface area contributed by atoms with E-state index in [0.29, 0.717) is 30.9 Å². The lowest BCUT2D eigenvalue weighted by molar-refractivity contribution is 0.0394. The van der Waals surface area contributed by atoms with Gasteiger partial charge in [0.1, 0.15) is 6.10 Å². The number of hydrogen-bond donors (Lipinski definition) is 1. The van der Waals surface area contributed by atoms with Gasteiger partial charge in [0, 0.05) is 18.7 Å². The molecule has 1 fully saturated rings. The number of rotatable bonds is 3. The molecule has 1 amide bonds. The minimum absolute atomic E-state index is 0.163. The highest BCUT2D eigenvalue weighted by atomic mass is 16.5. The van der Waals surface area contributed by atoms with Gasteiger partial charge in [-0.3, -0.25) is 4.79 Å². The van der Waals surface area contributed by atoms with Gasteiger partial charge in [-0.15, -0.1) is 14.8 Å². The number of fused-ring (bicyclic) bond motifs is 1. The summed E-state index contributed by atoms with van der Waals surface area (Å²) in [6.07, 6.45) is -0.163. The molecule has 9 nitrogen and oxygen atoms in total. The van der Waals surface area contributed by atoms with Crippen LogP contribution in [0.25, 0.3) is 5.65 Å². The first-order valence-corrected chi connectivity index (χ1v) is 7.52. The Morgan fingerprint density at radius 1 is 1.29 bits per heavy atom. The van der Waals surface area contributed by atoms with Crippen molar-refractivity contribution in [1.29, 1.82) is 0 Å². The van der Waals surface area contributed by atoms with E-state index in [9.17, 15) is 4.79 Å². The SMILES string of the molecule is NC(=O)c1cccc(C2CN(c3ccc4nnnn4n3)CCO2)c1. The normalized spacial score (nSPS) is 18.0. The standard InChI is InChI=1S/C15H15N7O2/c16-15(23)11-3-1-2-10(8-11)12-9-21(6-7-24-12)14-5-4-13-17-19-20-22(13)18-14/h1-5,8,12H,6-7,9H2,(H2,16,23). The Morgan fingerprint density at radius 3 is 3.08 bits per heavy atom. The van der Waals surface area contributed by atoms with E-state index in [1.54, 1.807) is 12.1 Å². The molecule has 122 valence electrons. The van der Waals surface area contributed by atoms with Crippen LogP contribution in [0, 0.1) is 0 Å². The van der Waals surface area contributed by atoms with Gasteiger partial charge in [-0.1, -0.05) is 12.1 Å². The van der Waals surface area contributed by atoms with Crippen LogP contribution in [0.2, 0.25) is 0 Å². The third-order valence-corrected chi connectivity index (χ3v) is 3.99. The summed E-state index contributed by atoms with van der Waals surface area (Å²) >= 11 is 0. The van der Waals surface area contributed by atoms with Crippen molar-refractivity contribution in [3.8, 4) is 0 Å². The molecule has 1 aliphatic heterocycles. The van der Waals surface area contributed by atoms with Crippen molar-refractivity contribution in [1.82, 2.24) is 25.3 Å². The molecule has 0 radical (unpaired) electrons. The van der Waals surface area contributed by atoms with Crippen molar-refractivity contribution in [2.45, 2.75) is 6.10 Å². The fraction of sp³-hybridized carbons (Fsp3) is 0.267. The minimum atomic E-state index is -0.449. The first kappa shape index (κ1) is 14.5. The zero-order valence-corrected chi connectivity index (χ0v) is 12.7. The highest BCUT2D eigenvalue weighted by Gasteiger charge is 2.24. The Balaban J connectivity index is 1.59. The van der Waals surface area contributed by atoms with Crippen LogP contribution >= 0.6 is 0 Å². The first-order chi connectivity index (χ1) is 11.7. The van der Waals surface area contributed by atoms with Crippen LogP contribution in [0.5, 0.6) is 0 Å². The second-order valence-corrected chi connectivity index (χ2v) is 5.51. The quantitative estimate of drug-likeness (QED) is 0.732. The second-order valence-electron chi connectivity index (χ2n) is 5.51. The molecule has 2 aromatic heterocycles. The van der Waals surface area contributed by atoms with Crippen molar-refractivity contribution in [3.63, 3.8) is 0 Å². The number of amides is 1. The largest absolute Gasteiger partial charge is 0.370 e. The predicted molar refractivity (Wildman–Crippen MR) is 84.4 cm³/mol. The van der Waals surface area contributed by atoms with E-state index in [1.807, 2.05) is 24.3 Å². The number of aromatic nitrogens is 5. The number of nitrogens with two attached hydrogens (primary N) is 1. The van der Waals surface area contributed by atoms with E-state index in [2.05, 4.69) is 25.5 Å². The van der Waals surface area contributed by atoms with Crippen molar-refractivity contribution < 1.29 is 9.53 Å². The Labute approximate surface area is 137 Å². The summed E-state index contributed by atoms with van der Waals surface area (Å²) in [5, 5.41) is 15.7. The molecule has 3 aromatic rings. The summed E-state index contributed by atoms with van der Waals surface area (Å²) in [5.74, 6) is 0.324. The van der Waals surface area contributed by atoms with Gasteiger partial charge in [-0.2, -0.15) is 0 Å². The molecule has 0 bridgehead atoms. The molecular formula is C15H15N7O2. The Hall–Kier alpha value is -3.07. The number of morpholine rings is 1. The third-order valence-electron chi connectivity index (χ3n) is 3.99. The maximum Gasteiger partial charge on any atom is 0.248 e. The maximum atomic E-state index is 11.4. The van der Waals surface area contributed by atoms with Crippen molar-refractivity contribution in [2.75, 3.05) is 24.6 Å². The average molecular weight is 325 g/mol. The van der Waals surface area contributed by atoms with E-state index in [1.165, 1.54) is 4.63 Å². The predicted octanol–water partition coefficient (Wildman–Crippen LogP) is 0.196. The summed E-state index contributed by atoms with van der Waals surface area (Å²) in [4.78, 5) is 13.5. The minimum Gasteiger partial charge on any atom is -0.370 e. The lowest BCUT2D eigenvalue weighted by Crippen LogP contribution is -2.39. The van der Waals surface area contributed by atoms with Gasteiger partial charge in [0.25, 0.3) is 0 Å². The number of ether oxygens (including phenoxy) is 1. The van der Waals surface area contributed by atoms with Crippen molar-refractivity contribution >= 4 is 17.4 Å². The molecule has 9 heteroatoms. The van der Waals surface area contributed by atoms with Crippen LogP contribution < -0.4 is 10.6 Å². The monoisotopic (exact) mass is 325 g/mol. The van der Waals surface area contributed by atoms with Crippen molar-refractivity contribution in [2.24, 2.45) is 5.73 Å². The van der Waals surface area contributed by atoms with E-state index in [-0.39, 0.29) is 6.10 Å². The van der Waals surface area contributed by atoms with Gasteiger partial charge < -0.3 is 15.4 Å². The molecule has 1 aromatic carbocycles. The molecule has 1 atom stereocenters. The molecule has 0 spiro atoms. The van der Waals surface area contributed by atoms with Crippen LogP contribution in [0.15, 0.2) is 36.4 Å². The van der Waals surface area contributed by atoms with Gasteiger partial charge in [-0.25, -0.2) is 0 Å². The van der Waals surface area contributed by atoms with Crippen LogP contribution in [-0.4, -0.2) is 50.9 Å². The van der Waals surface area contributed by atoms with Gasteiger partial charge in [0.2, 0.25) is 5.91 Å². The van der Waals surface area contributed by atoms with Crippen molar-refractivity contribution in [3.05, 3.63) is 47.5 Å². The molecular weight excluding hydrogens is 310 g/mol. The number of nitrogens with zero attached hydrogens (tertiary/aromatic N) is 6. The maximum absolute atomic E-state index is 11.4. The number of anilines is 1. The number of carbonyl (C=O) groups is 1. The van der Waals surface area contributed by atoms with E-state index in [0.717, 1.165) is 11.4 Å². The van der Waals surface area contributed by atoms with Crippen LogP contribution in [-0.2, 0) is 4.74 Å². The zero-order chi connectivity index (χ0) is 16.5. The van der Waals surface area contributed by atoms with Crippen LogP contribution in [0.1, 0.15) is 22.0 Å². The number of carbonyl (C=O) groups excluding carboxylic acids is 1. The summed E-state index contributed by atoms with van der Waals surface area (Å²) < 4.78 is 7.25. The Morgan fingerprint density at radius 2 is 2.21 bits per heavy atom. The van der Waals surface area contributed by atoms with Gasteiger partial charge >= 0.3 is 0 Å². The summed E-state index contributed by atoms with van der Waals surface area (Å²) in [5.41, 5.74) is 7.34. The number of tetrazole rings is 1. The molecule has 0 saturated carbocycles. The van der Waals surface area contributed by atoms with Gasteiger partial charge in [0.05, 0.1) is 6.61 Å². The fourth-order valence-electron chi connectivity index (χ4n) is 2.76. The topological polar surface area (TPSA) is 112 Å². The molecule has 0 aliphatic carbocycles. The van der Waals surface area contributed by atoms with E-state index < -0.39 is 5.91 Å². The summed E-state index contributed by atoms with van der Waals surface area (Å²) in [6.45, 7) is 1.89. The van der Waals surface area contributed by atoms with E-state index >= 15 is 0 Å². The second kappa shape index (κ2) is 5.85. The highest BCUT2D eigenvalue weighted by molar-refractivity contribution is 5.92. The third kappa shape index (κ3) is 2.65. The van der Waals surface area contributed by atoms with Crippen LogP contribution in [0.3, 0.4) is 0 Å². The average Bonchev–Trinajstić information content (AvgIpc) is 3.09. The Kier molecular flexibility index (Phi) is 3.54. The molecule has 1 unspecified atom stereocenters. The lowest BCUT2D eigenvalue weighted by atomic mass is 10.0. The molecule has 4 rings (SSSR count). The molecule has 24 heavy (non-hydrogen) atoms. The smallest absolute Gasteiger partial charge is 0.248 e. The first-order valence-electron chi connectivity index (χ1n) is 7.52. The fourth-order valence-corrected chi connectivity index (χ4v) is 2.76. The lowest BCUT2D eigenvalue weighted by Gasteiger charge is -2.33. The number of hydrogen-bond acceptors (Lipinski definition) is 7. The molecule has 1 saturated heterocycles. The highest BCUT2D eigenvalue weighted by Crippen LogP contribution is 2.25. The zero-order valence-electron chi connectivity index (χ0n) is 12.7. The van der Waals surface area contributed by atoms with Gasteiger partial charge in [0.15, 0.2) is 11.5 Å². The summed E-state index contributed by atoms with van der Waals surface area (Å²) in [7, 11) is 0. The molecule has 3 heterocycles.